The van der Waals surface area contributed by atoms with Crippen LogP contribution >= 0.6 is 11.8 Å². The Morgan fingerprint density at radius 2 is 2.07 bits per heavy atom. The summed E-state index contributed by atoms with van der Waals surface area (Å²) in [6.45, 7) is 6.09. The number of aliphatic imine (C=N–C) groups is 1. The molecular weight excluding hydrogens is 398 g/mol. The maximum atomic E-state index is 12.9. The number of ether oxygens (including phenoxy) is 1. The van der Waals surface area contributed by atoms with Crippen molar-refractivity contribution in [3.63, 3.8) is 0 Å². The molecule has 2 heterocycles. The molecule has 1 fully saturated rings. The molecule has 0 bridgehead atoms. The van der Waals surface area contributed by atoms with Crippen LogP contribution in [0.4, 0.5) is 0 Å². The molecule has 1 aliphatic carbocycles. The molecule has 1 aromatic carbocycles. The van der Waals surface area contributed by atoms with E-state index in [4.69, 9.17) is 9.73 Å². The van der Waals surface area contributed by atoms with Crippen molar-refractivity contribution < 1.29 is 14.3 Å². The molecule has 0 aromatic heterocycles. The number of fused-ring (bicyclic) bond motifs is 1. The fraction of sp³-hybridized carbons (Fsp3) is 0.435. The Balaban J connectivity index is 1.79. The quantitative estimate of drug-likeness (QED) is 0.695. The topological polar surface area (TPSA) is 71.0 Å². The minimum atomic E-state index is -0.376. The van der Waals surface area contributed by atoms with Crippen molar-refractivity contribution in [1.82, 2.24) is 10.2 Å². The average Bonchev–Trinajstić information content (AvgIpc) is 3.46. The van der Waals surface area contributed by atoms with Crippen LogP contribution in [0.1, 0.15) is 55.3 Å². The summed E-state index contributed by atoms with van der Waals surface area (Å²) in [5, 5.41) is 5.85. The van der Waals surface area contributed by atoms with Crippen molar-refractivity contribution >= 4 is 28.8 Å². The second-order valence-electron chi connectivity index (χ2n) is 7.98. The number of esters is 1. The van der Waals surface area contributed by atoms with Crippen LogP contribution in [-0.2, 0) is 14.3 Å². The Bertz CT molecular complexity index is 991. The lowest BCUT2D eigenvalue weighted by atomic mass is 9.89. The van der Waals surface area contributed by atoms with Crippen molar-refractivity contribution in [2.75, 3.05) is 7.11 Å². The van der Waals surface area contributed by atoms with E-state index in [2.05, 4.69) is 23.5 Å². The fourth-order valence-corrected chi connectivity index (χ4v) is 4.87. The molecular formula is C23H27N3O3S. The van der Waals surface area contributed by atoms with E-state index in [1.165, 1.54) is 18.9 Å². The number of carbonyl (C=O) groups is 2. The molecule has 3 aliphatic rings. The summed E-state index contributed by atoms with van der Waals surface area (Å²) in [5.41, 5.74) is 5.38. The second-order valence-corrected chi connectivity index (χ2v) is 8.81. The third-order valence-corrected chi connectivity index (χ3v) is 6.53. The zero-order chi connectivity index (χ0) is 21.4. The summed E-state index contributed by atoms with van der Waals surface area (Å²) in [4.78, 5) is 32.3. The summed E-state index contributed by atoms with van der Waals surface area (Å²) in [6, 6.07) is 6.20. The highest BCUT2D eigenvalue weighted by Gasteiger charge is 2.42. The highest BCUT2D eigenvalue weighted by molar-refractivity contribution is 8.16. The van der Waals surface area contributed by atoms with Crippen molar-refractivity contribution in [3.05, 3.63) is 57.3 Å². The minimum Gasteiger partial charge on any atom is -0.466 e. The second kappa shape index (κ2) is 8.30. The van der Waals surface area contributed by atoms with Gasteiger partial charge in [-0.05, 0) is 49.6 Å². The summed E-state index contributed by atoms with van der Waals surface area (Å²) >= 11 is 1.51. The van der Waals surface area contributed by atoms with Gasteiger partial charge in [-0.15, -0.1) is 0 Å². The lowest BCUT2D eigenvalue weighted by Gasteiger charge is -2.37. The van der Waals surface area contributed by atoms with Crippen LogP contribution in [0.5, 0.6) is 0 Å². The minimum absolute atomic E-state index is 0.00944. The van der Waals surface area contributed by atoms with Gasteiger partial charge in [-0.25, -0.2) is 9.79 Å². The highest BCUT2D eigenvalue weighted by Crippen LogP contribution is 2.46. The number of hydrogen-bond donors (Lipinski definition) is 1. The molecule has 1 N–H and O–H groups in total. The molecule has 0 unspecified atom stereocenters. The first-order valence-electron chi connectivity index (χ1n) is 10.3. The molecule has 0 radical (unpaired) electrons. The number of allylic oxidation sites excluding steroid dienone is 1. The van der Waals surface area contributed by atoms with Crippen molar-refractivity contribution in [2.24, 2.45) is 4.99 Å². The molecule has 0 spiro atoms. The number of benzene rings is 1. The van der Waals surface area contributed by atoms with E-state index in [0.29, 0.717) is 18.0 Å². The van der Waals surface area contributed by atoms with Crippen molar-refractivity contribution in [2.45, 2.75) is 58.5 Å². The van der Waals surface area contributed by atoms with Crippen molar-refractivity contribution in [3.8, 4) is 0 Å². The van der Waals surface area contributed by atoms with Gasteiger partial charge in [0.2, 0.25) is 5.91 Å². The largest absolute Gasteiger partial charge is 0.466 e. The van der Waals surface area contributed by atoms with Crippen molar-refractivity contribution in [1.29, 1.82) is 0 Å². The number of nitrogens with zero attached hydrogens (tertiary/aromatic N) is 2. The van der Waals surface area contributed by atoms with Gasteiger partial charge in [0.15, 0.2) is 5.17 Å². The Kier molecular flexibility index (Phi) is 5.73. The number of amidine groups is 1. The molecule has 0 saturated heterocycles. The van der Waals surface area contributed by atoms with E-state index >= 15 is 0 Å². The first kappa shape index (κ1) is 20.7. The maximum Gasteiger partial charge on any atom is 0.338 e. The van der Waals surface area contributed by atoms with Crippen LogP contribution in [0.2, 0.25) is 0 Å². The zero-order valence-corrected chi connectivity index (χ0v) is 18.6. The van der Waals surface area contributed by atoms with E-state index in [-0.39, 0.29) is 24.3 Å². The summed E-state index contributed by atoms with van der Waals surface area (Å²) in [7, 11) is 1.40. The first-order chi connectivity index (χ1) is 14.4. The third kappa shape index (κ3) is 3.90. The number of amides is 1. The molecule has 7 heteroatoms. The molecule has 1 aromatic rings. The van der Waals surface area contributed by atoms with E-state index in [1.54, 1.807) is 0 Å². The van der Waals surface area contributed by atoms with Crippen LogP contribution in [0, 0.1) is 13.8 Å². The monoisotopic (exact) mass is 425 g/mol. The zero-order valence-electron chi connectivity index (χ0n) is 17.8. The summed E-state index contributed by atoms with van der Waals surface area (Å²) in [5.74, 6) is -0.366. The number of nitrogens with one attached hydrogen (secondary N) is 1. The summed E-state index contributed by atoms with van der Waals surface area (Å²) in [6.07, 6.45) is 2.99. The Morgan fingerprint density at radius 3 is 2.73 bits per heavy atom. The van der Waals surface area contributed by atoms with Gasteiger partial charge in [0, 0.05) is 11.7 Å². The molecule has 1 saturated carbocycles. The fourth-order valence-electron chi connectivity index (χ4n) is 3.93. The number of carbonyl (C=O) groups excluding carboxylic acids is 2. The van der Waals surface area contributed by atoms with Gasteiger partial charge in [0.1, 0.15) is 0 Å². The van der Waals surface area contributed by atoms with Gasteiger partial charge < -0.3 is 15.0 Å². The number of methoxy groups -OCH3 is 1. The lowest BCUT2D eigenvalue weighted by Crippen LogP contribution is -2.38. The predicted octanol–water partition coefficient (Wildman–Crippen LogP) is 4.11. The van der Waals surface area contributed by atoms with Crippen LogP contribution in [0.25, 0.3) is 0 Å². The van der Waals surface area contributed by atoms with Gasteiger partial charge in [0.05, 0.1) is 30.8 Å². The van der Waals surface area contributed by atoms with Gasteiger partial charge in [0.25, 0.3) is 0 Å². The van der Waals surface area contributed by atoms with Crippen LogP contribution in [0.15, 0.2) is 45.6 Å². The molecule has 30 heavy (non-hydrogen) atoms. The SMILES string of the molecule is CCC1=C(C(=O)OC)[C@@H](c2cc(C)ccc2C)N2C(CC(=O)NC3CC3)=CSC2=N1. The Labute approximate surface area is 181 Å². The van der Waals surface area contributed by atoms with E-state index < -0.39 is 0 Å². The van der Waals surface area contributed by atoms with Gasteiger partial charge >= 0.3 is 5.97 Å². The molecule has 6 nitrogen and oxygen atoms in total. The van der Waals surface area contributed by atoms with E-state index in [9.17, 15) is 9.59 Å². The number of aryl methyl sites for hydroxylation is 2. The summed E-state index contributed by atoms with van der Waals surface area (Å²) < 4.78 is 5.17. The third-order valence-electron chi connectivity index (χ3n) is 5.64. The van der Waals surface area contributed by atoms with Gasteiger partial charge in [-0.1, -0.05) is 42.4 Å². The maximum absolute atomic E-state index is 12.9. The Morgan fingerprint density at radius 1 is 1.30 bits per heavy atom. The normalized spacial score (nSPS) is 20.5. The number of rotatable bonds is 6. The predicted molar refractivity (Wildman–Crippen MR) is 119 cm³/mol. The number of hydrogen-bond acceptors (Lipinski definition) is 6. The van der Waals surface area contributed by atoms with Crippen LogP contribution < -0.4 is 5.32 Å². The van der Waals surface area contributed by atoms with Gasteiger partial charge in [-0.3, -0.25) is 4.79 Å². The Hall–Kier alpha value is -2.54. The molecule has 4 rings (SSSR count). The standard InChI is InChI=1S/C23H27N3O3S/c1-5-18-20(22(28)29-4)21(17-10-13(2)6-7-14(17)3)26-16(12-30-23(26)25-18)11-19(27)24-15-8-9-15/h6-7,10,12,15,21H,5,8-9,11H2,1-4H3,(H,24,27)/t21-/m1/s1. The molecule has 1 amide bonds. The molecule has 1 atom stereocenters. The average molecular weight is 426 g/mol. The highest BCUT2D eigenvalue weighted by atomic mass is 32.2. The molecule has 2 aliphatic heterocycles. The van der Waals surface area contributed by atoms with Gasteiger partial charge in [-0.2, -0.15) is 0 Å². The van der Waals surface area contributed by atoms with Crippen LogP contribution in [-0.4, -0.2) is 35.1 Å². The lowest BCUT2D eigenvalue weighted by molar-refractivity contribution is -0.136. The smallest absolute Gasteiger partial charge is 0.338 e. The van der Waals surface area contributed by atoms with E-state index in [1.807, 2.05) is 31.1 Å². The van der Waals surface area contributed by atoms with Crippen LogP contribution in [0.3, 0.4) is 0 Å². The van der Waals surface area contributed by atoms with E-state index in [0.717, 1.165) is 46.1 Å². The first-order valence-corrected chi connectivity index (χ1v) is 11.2. The number of thioether (sulfide) groups is 1. The molecule has 158 valence electrons.